The number of carbonyl (C=O) groups excluding carboxylic acids is 1. The minimum absolute atomic E-state index is 0.0103. The van der Waals surface area contributed by atoms with Crippen LogP contribution in [0.5, 0.6) is 0 Å². The van der Waals surface area contributed by atoms with Gasteiger partial charge in [-0.05, 0) is 10.4 Å². The number of tetrazole rings is 1. The maximum absolute atomic E-state index is 11.0. The van der Waals surface area contributed by atoms with Crippen LogP contribution >= 0.6 is 23.4 Å². The minimum atomic E-state index is -0.392. The third-order valence-electron chi connectivity index (χ3n) is 1.40. The molecule has 6 nitrogen and oxygen atoms in total. The van der Waals surface area contributed by atoms with Gasteiger partial charge in [0.15, 0.2) is 0 Å². The molecule has 0 atom stereocenters. The second kappa shape index (κ2) is 6.41. The number of ether oxygens (including phenoxy) is 1. The van der Waals surface area contributed by atoms with E-state index in [1.165, 1.54) is 29.1 Å². The monoisotopic (exact) mass is 248 g/mol. The number of rotatable bonds is 5. The molecule has 0 N–H and O–H groups in total. The number of nitrogens with zero attached hydrogens (tertiary/aromatic N) is 4. The fourth-order valence-corrected chi connectivity index (χ4v) is 1.63. The quantitative estimate of drug-likeness (QED) is 0.564. The minimum Gasteiger partial charge on any atom is -0.468 e. The van der Waals surface area contributed by atoms with E-state index in [9.17, 15) is 4.79 Å². The van der Waals surface area contributed by atoms with Gasteiger partial charge >= 0.3 is 5.97 Å². The van der Waals surface area contributed by atoms with Crippen LogP contribution in [0.25, 0.3) is 0 Å². The summed E-state index contributed by atoms with van der Waals surface area (Å²) in [6.07, 6.45) is 1.75. The molecule has 0 aliphatic heterocycles. The Labute approximate surface area is 95.6 Å². The Bertz CT molecular complexity index is 355. The molecule has 0 amide bonds. The van der Waals surface area contributed by atoms with Gasteiger partial charge in [-0.15, -0.1) is 5.10 Å². The van der Waals surface area contributed by atoms with Crippen molar-refractivity contribution in [3.05, 3.63) is 11.6 Å². The Hall–Kier alpha value is -1.08. The number of halogens is 1. The highest BCUT2D eigenvalue weighted by Crippen LogP contribution is 2.13. The number of methoxy groups -OCH3 is 1. The standard InChI is InChI=1S/C7H9ClN4O2S/c1-14-6(13)5-12-7(9-10-11-12)15-4-2-3-8/h2-3H,4-5H2,1H3. The Kier molecular flexibility index (Phi) is 5.13. The predicted octanol–water partition coefficient (Wildman–Crippen LogP) is 0.691. The van der Waals surface area contributed by atoms with Gasteiger partial charge in [-0.1, -0.05) is 29.4 Å². The van der Waals surface area contributed by atoms with Crippen molar-refractivity contribution in [2.24, 2.45) is 0 Å². The fourth-order valence-electron chi connectivity index (χ4n) is 0.745. The molecule has 15 heavy (non-hydrogen) atoms. The summed E-state index contributed by atoms with van der Waals surface area (Å²) >= 11 is 6.74. The Morgan fingerprint density at radius 2 is 2.53 bits per heavy atom. The summed E-state index contributed by atoms with van der Waals surface area (Å²) in [5, 5.41) is 11.4. The number of aromatic nitrogens is 4. The van der Waals surface area contributed by atoms with Crippen LogP contribution < -0.4 is 0 Å². The first kappa shape index (κ1) is 12.0. The van der Waals surface area contributed by atoms with Crippen molar-refractivity contribution in [3.8, 4) is 0 Å². The van der Waals surface area contributed by atoms with Gasteiger partial charge < -0.3 is 4.74 Å². The predicted molar refractivity (Wildman–Crippen MR) is 55.6 cm³/mol. The van der Waals surface area contributed by atoms with Gasteiger partial charge in [-0.2, -0.15) is 0 Å². The van der Waals surface area contributed by atoms with Gasteiger partial charge in [0.2, 0.25) is 5.16 Å². The molecule has 82 valence electrons. The van der Waals surface area contributed by atoms with E-state index in [0.29, 0.717) is 10.9 Å². The van der Waals surface area contributed by atoms with Gasteiger partial charge in [0.25, 0.3) is 0 Å². The van der Waals surface area contributed by atoms with Crippen LogP contribution in [0.2, 0.25) is 0 Å². The number of esters is 1. The summed E-state index contributed by atoms with van der Waals surface area (Å²) in [5.41, 5.74) is 1.42. The SMILES string of the molecule is COC(=O)Cn1nnnc1SCC=CCl. The zero-order valence-corrected chi connectivity index (χ0v) is 9.53. The average molecular weight is 249 g/mol. The van der Waals surface area contributed by atoms with Crippen molar-refractivity contribution < 1.29 is 9.53 Å². The molecule has 1 aromatic heterocycles. The highest BCUT2D eigenvalue weighted by Gasteiger charge is 2.09. The molecule has 0 fully saturated rings. The molecule has 0 radical (unpaired) electrons. The lowest BCUT2D eigenvalue weighted by Crippen LogP contribution is -2.13. The van der Waals surface area contributed by atoms with Crippen LogP contribution in [0.15, 0.2) is 16.8 Å². The molecular weight excluding hydrogens is 240 g/mol. The second-order valence-electron chi connectivity index (χ2n) is 2.37. The smallest absolute Gasteiger partial charge is 0.327 e. The maximum atomic E-state index is 11.0. The molecule has 1 aromatic rings. The summed E-state index contributed by atoms with van der Waals surface area (Å²) in [6.45, 7) is 0.0103. The summed E-state index contributed by atoms with van der Waals surface area (Å²) in [5.74, 6) is 0.252. The van der Waals surface area contributed by atoms with Crippen molar-refractivity contribution in [3.63, 3.8) is 0 Å². The second-order valence-corrected chi connectivity index (χ2v) is 3.61. The molecule has 0 aliphatic rings. The number of thioether (sulfide) groups is 1. The van der Waals surface area contributed by atoms with E-state index in [0.717, 1.165) is 0 Å². The summed E-state index contributed by atoms with van der Waals surface area (Å²) in [6, 6.07) is 0. The van der Waals surface area contributed by atoms with Crippen molar-refractivity contribution >= 4 is 29.3 Å². The third-order valence-corrected chi connectivity index (χ3v) is 2.49. The van der Waals surface area contributed by atoms with Gasteiger partial charge in [-0.3, -0.25) is 4.79 Å². The van der Waals surface area contributed by atoms with E-state index in [4.69, 9.17) is 11.6 Å². The maximum Gasteiger partial charge on any atom is 0.327 e. The number of carbonyl (C=O) groups is 1. The average Bonchev–Trinajstić information content (AvgIpc) is 2.66. The molecular formula is C7H9ClN4O2S. The van der Waals surface area contributed by atoms with Gasteiger partial charge in [0.1, 0.15) is 6.54 Å². The van der Waals surface area contributed by atoms with Crippen LogP contribution in [0, 0.1) is 0 Å². The van der Waals surface area contributed by atoms with E-state index in [1.807, 2.05) is 0 Å². The normalized spacial score (nSPS) is 10.8. The lowest BCUT2D eigenvalue weighted by Gasteiger charge is -2.00. The van der Waals surface area contributed by atoms with Gasteiger partial charge in [0.05, 0.1) is 7.11 Å². The van der Waals surface area contributed by atoms with Crippen molar-refractivity contribution in [2.75, 3.05) is 12.9 Å². The van der Waals surface area contributed by atoms with Crippen LogP contribution in [-0.4, -0.2) is 39.0 Å². The fraction of sp³-hybridized carbons (Fsp3) is 0.429. The first-order chi connectivity index (χ1) is 7.27. The summed E-state index contributed by atoms with van der Waals surface area (Å²) < 4.78 is 5.88. The molecule has 1 heterocycles. The first-order valence-corrected chi connectivity index (χ1v) is 5.41. The number of hydrogen-bond acceptors (Lipinski definition) is 6. The Morgan fingerprint density at radius 3 is 3.20 bits per heavy atom. The molecule has 0 bridgehead atoms. The molecule has 0 saturated carbocycles. The van der Waals surface area contributed by atoms with E-state index in [2.05, 4.69) is 20.3 Å². The third kappa shape index (κ3) is 3.88. The van der Waals surface area contributed by atoms with Crippen LogP contribution in [0.1, 0.15) is 0 Å². The molecule has 0 aromatic carbocycles. The van der Waals surface area contributed by atoms with E-state index < -0.39 is 5.97 Å². The molecule has 0 saturated heterocycles. The molecule has 0 spiro atoms. The van der Waals surface area contributed by atoms with Gasteiger partial charge in [0, 0.05) is 11.3 Å². The first-order valence-electron chi connectivity index (χ1n) is 3.99. The van der Waals surface area contributed by atoms with E-state index >= 15 is 0 Å². The Morgan fingerprint density at radius 1 is 1.73 bits per heavy atom. The van der Waals surface area contributed by atoms with Crippen molar-refractivity contribution in [2.45, 2.75) is 11.7 Å². The lowest BCUT2D eigenvalue weighted by atomic mass is 10.7. The molecule has 1 rings (SSSR count). The summed E-state index contributed by atoms with van der Waals surface area (Å²) in [4.78, 5) is 11.0. The molecule has 0 unspecified atom stereocenters. The largest absolute Gasteiger partial charge is 0.468 e. The van der Waals surface area contributed by atoms with Crippen molar-refractivity contribution in [1.29, 1.82) is 0 Å². The van der Waals surface area contributed by atoms with E-state index in [1.54, 1.807) is 6.08 Å². The Balaban J connectivity index is 2.56. The lowest BCUT2D eigenvalue weighted by molar-refractivity contribution is -0.141. The number of hydrogen-bond donors (Lipinski definition) is 0. The molecule has 8 heteroatoms. The zero-order chi connectivity index (χ0) is 11.1. The van der Waals surface area contributed by atoms with Crippen LogP contribution in [-0.2, 0) is 16.1 Å². The van der Waals surface area contributed by atoms with Crippen LogP contribution in [0.4, 0.5) is 0 Å². The molecule has 0 aliphatic carbocycles. The van der Waals surface area contributed by atoms with E-state index in [-0.39, 0.29) is 6.54 Å². The topological polar surface area (TPSA) is 69.9 Å². The highest BCUT2D eigenvalue weighted by atomic mass is 35.5. The summed E-state index contributed by atoms with van der Waals surface area (Å²) in [7, 11) is 1.32. The van der Waals surface area contributed by atoms with Gasteiger partial charge in [-0.25, -0.2) is 4.68 Å². The highest BCUT2D eigenvalue weighted by molar-refractivity contribution is 7.99. The zero-order valence-electron chi connectivity index (χ0n) is 7.96. The van der Waals surface area contributed by atoms with Crippen LogP contribution in [0.3, 0.4) is 0 Å². The van der Waals surface area contributed by atoms with Crippen molar-refractivity contribution in [1.82, 2.24) is 20.2 Å².